The number of aliphatic hydroxyl groups excluding tert-OH is 1. The topological polar surface area (TPSA) is 70.5 Å². The number of benzene rings is 1. The number of sulfone groups is 1. The van der Waals surface area contributed by atoms with E-state index in [1.54, 1.807) is 0 Å². The highest BCUT2D eigenvalue weighted by atomic mass is 32.2. The maximum Gasteiger partial charge on any atom is 0.154 e. The number of anilines is 1. The molecule has 1 aliphatic heterocycles. The summed E-state index contributed by atoms with van der Waals surface area (Å²) in [7, 11) is -2.96. The molecule has 3 rings (SSSR count). The van der Waals surface area contributed by atoms with Crippen molar-refractivity contribution in [2.24, 2.45) is 0 Å². The number of aliphatic hydroxyl groups is 1. The fraction of sp³-hybridized carbons (Fsp3) is 0.400. The van der Waals surface area contributed by atoms with Crippen LogP contribution in [-0.2, 0) is 16.4 Å². The van der Waals surface area contributed by atoms with Crippen molar-refractivity contribution in [3.05, 3.63) is 36.0 Å². The second-order valence-corrected chi connectivity index (χ2v) is 7.70. The van der Waals surface area contributed by atoms with Gasteiger partial charge < -0.3 is 10.0 Å². The van der Waals surface area contributed by atoms with Gasteiger partial charge in [-0.3, -0.25) is 0 Å². The molecule has 0 spiro atoms. The van der Waals surface area contributed by atoms with E-state index in [2.05, 4.69) is 4.98 Å². The molecule has 1 aromatic heterocycles. The maximum atomic E-state index is 11.7. The molecule has 6 heteroatoms. The third-order valence-corrected chi connectivity index (χ3v) is 5.67. The molecule has 0 saturated carbocycles. The quantitative estimate of drug-likeness (QED) is 0.907. The van der Waals surface area contributed by atoms with Crippen LogP contribution in [0.25, 0.3) is 10.8 Å². The second-order valence-electron chi connectivity index (χ2n) is 5.47. The van der Waals surface area contributed by atoms with Crippen LogP contribution in [0.15, 0.2) is 30.3 Å². The van der Waals surface area contributed by atoms with Crippen molar-refractivity contribution in [3.8, 4) is 0 Å². The molecule has 1 atom stereocenters. The van der Waals surface area contributed by atoms with Crippen LogP contribution in [0.4, 0.5) is 5.82 Å². The number of hydrogen-bond donors (Lipinski definition) is 1. The molecule has 2 heterocycles. The Bertz CT molecular complexity index is 774. The summed E-state index contributed by atoms with van der Waals surface area (Å²) in [4.78, 5) is 6.55. The van der Waals surface area contributed by atoms with Crippen LogP contribution in [0.5, 0.6) is 0 Å². The van der Waals surface area contributed by atoms with Gasteiger partial charge in [0.2, 0.25) is 0 Å². The van der Waals surface area contributed by atoms with Gasteiger partial charge in [0.1, 0.15) is 5.82 Å². The average molecular weight is 306 g/mol. The highest BCUT2D eigenvalue weighted by Gasteiger charge is 2.29. The van der Waals surface area contributed by atoms with Gasteiger partial charge in [-0.15, -0.1) is 0 Å². The first kappa shape index (κ1) is 14.3. The Balaban J connectivity index is 2.11. The molecule has 5 nitrogen and oxygen atoms in total. The Morgan fingerprint density at radius 2 is 2.14 bits per heavy atom. The molecular formula is C15H18N2O3S. The van der Waals surface area contributed by atoms with E-state index in [4.69, 9.17) is 0 Å². The van der Waals surface area contributed by atoms with E-state index in [-0.39, 0.29) is 24.2 Å². The molecule has 0 amide bonds. The van der Waals surface area contributed by atoms with Crippen LogP contribution in [-0.4, -0.2) is 42.6 Å². The van der Waals surface area contributed by atoms with Crippen molar-refractivity contribution in [3.63, 3.8) is 0 Å². The van der Waals surface area contributed by atoms with Crippen molar-refractivity contribution < 1.29 is 13.5 Å². The molecule has 21 heavy (non-hydrogen) atoms. The van der Waals surface area contributed by atoms with Gasteiger partial charge in [-0.25, -0.2) is 13.4 Å². The van der Waals surface area contributed by atoms with E-state index >= 15 is 0 Å². The van der Waals surface area contributed by atoms with Gasteiger partial charge in [0, 0.05) is 18.0 Å². The van der Waals surface area contributed by atoms with Gasteiger partial charge in [0.05, 0.1) is 23.8 Å². The molecule has 1 aliphatic rings. The molecule has 1 N–H and O–H groups in total. The molecule has 0 aliphatic carbocycles. The first-order chi connectivity index (χ1) is 10.00. The molecule has 2 aromatic rings. The maximum absolute atomic E-state index is 11.7. The number of rotatable bonds is 2. The summed E-state index contributed by atoms with van der Waals surface area (Å²) in [5.41, 5.74) is 0.601. The van der Waals surface area contributed by atoms with Crippen molar-refractivity contribution >= 4 is 26.4 Å². The molecule has 1 fully saturated rings. The van der Waals surface area contributed by atoms with Crippen LogP contribution in [0, 0.1) is 0 Å². The summed E-state index contributed by atoms with van der Waals surface area (Å²) < 4.78 is 23.5. The van der Waals surface area contributed by atoms with Crippen molar-refractivity contribution in [2.75, 3.05) is 23.0 Å². The number of nitrogens with zero attached hydrogens (tertiary/aromatic N) is 2. The van der Waals surface area contributed by atoms with Crippen LogP contribution in [0.3, 0.4) is 0 Å². The van der Waals surface area contributed by atoms with Crippen molar-refractivity contribution in [1.29, 1.82) is 0 Å². The SMILES string of the molecule is CC1CS(=O)(=O)CCN1c1nc(CO)cc2ccccc12. The Morgan fingerprint density at radius 1 is 1.38 bits per heavy atom. The largest absolute Gasteiger partial charge is 0.390 e. The van der Waals surface area contributed by atoms with Crippen molar-refractivity contribution in [1.82, 2.24) is 4.98 Å². The van der Waals surface area contributed by atoms with Crippen LogP contribution in [0.1, 0.15) is 12.6 Å². The van der Waals surface area contributed by atoms with Gasteiger partial charge in [-0.05, 0) is 18.4 Å². The minimum atomic E-state index is -2.96. The number of hydrogen-bond acceptors (Lipinski definition) is 5. The van der Waals surface area contributed by atoms with E-state index in [0.29, 0.717) is 12.2 Å². The molecular weight excluding hydrogens is 288 g/mol. The predicted molar refractivity (Wildman–Crippen MR) is 83.1 cm³/mol. The lowest BCUT2D eigenvalue weighted by Gasteiger charge is -2.35. The fourth-order valence-corrected chi connectivity index (χ4v) is 4.40. The summed E-state index contributed by atoms with van der Waals surface area (Å²) in [5.74, 6) is 1.06. The Labute approximate surface area is 124 Å². The first-order valence-electron chi connectivity index (χ1n) is 6.97. The Kier molecular flexibility index (Phi) is 3.59. The smallest absolute Gasteiger partial charge is 0.154 e. The number of aromatic nitrogens is 1. The molecule has 1 saturated heterocycles. The van der Waals surface area contributed by atoms with E-state index in [9.17, 15) is 13.5 Å². The van der Waals surface area contributed by atoms with E-state index < -0.39 is 9.84 Å². The molecule has 0 bridgehead atoms. The Hall–Kier alpha value is -1.66. The zero-order valence-corrected chi connectivity index (χ0v) is 12.7. The predicted octanol–water partition coefficient (Wildman–Crippen LogP) is 1.35. The Morgan fingerprint density at radius 3 is 2.86 bits per heavy atom. The van der Waals surface area contributed by atoms with Crippen molar-refractivity contribution in [2.45, 2.75) is 19.6 Å². The first-order valence-corrected chi connectivity index (χ1v) is 8.79. The zero-order valence-electron chi connectivity index (χ0n) is 11.9. The summed E-state index contributed by atoms with van der Waals surface area (Å²) in [6.07, 6.45) is 0. The van der Waals surface area contributed by atoms with Crippen LogP contribution < -0.4 is 4.90 Å². The summed E-state index contributed by atoms with van der Waals surface area (Å²) in [6, 6.07) is 9.59. The highest BCUT2D eigenvalue weighted by molar-refractivity contribution is 7.91. The molecule has 0 radical (unpaired) electrons. The standard InChI is InChI=1S/C15H18N2O3S/c1-11-10-21(19,20)7-6-17(11)15-14-5-3-2-4-12(14)8-13(9-18)16-15/h2-5,8,11,18H,6-7,9-10H2,1H3. The summed E-state index contributed by atoms with van der Waals surface area (Å²) in [6.45, 7) is 2.21. The van der Waals surface area contributed by atoms with E-state index in [1.807, 2.05) is 42.2 Å². The van der Waals surface area contributed by atoms with Gasteiger partial charge in [-0.1, -0.05) is 24.3 Å². The number of pyridine rings is 1. The lowest BCUT2D eigenvalue weighted by atomic mass is 10.1. The van der Waals surface area contributed by atoms with Crippen LogP contribution >= 0.6 is 0 Å². The monoisotopic (exact) mass is 306 g/mol. The fourth-order valence-electron chi connectivity index (χ4n) is 2.85. The van der Waals surface area contributed by atoms with Gasteiger partial charge >= 0.3 is 0 Å². The average Bonchev–Trinajstić information content (AvgIpc) is 2.45. The minimum Gasteiger partial charge on any atom is -0.390 e. The lowest BCUT2D eigenvalue weighted by molar-refractivity contribution is 0.277. The zero-order chi connectivity index (χ0) is 15.0. The summed E-state index contributed by atoms with van der Waals surface area (Å²) >= 11 is 0. The van der Waals surface area contributed by atoms with Crippen LogP contribution in [0.2, 0.25) is 0 Å². The number of fused-ring (bicyclic) bond motifs is 1. The van der Waals surface area contributed by atoms with Gasteiger partial charge in [0.25, 0.3) is 0 Å². The van der Waals surface area contributed by atoms with E-state index in [0.717, 1.165) is 16.6 Å². The van der Waals surface area contributed by atoms with Gasteiger partial charge in [0.15, 0.2) is 9.84 Å². The molecule has 112 valence electrons. The van der Waals surface area contributed by atoms with Gasteiger partial charge in [-0.2, -0.15) is 0 Å². The summed E-state index contributed by atoms with van der Waals surface area (Å²) in [5, 5.41) is 11.4. The third kappa shape index (κ3) is 2.73. The van der Waals surface area contributed by atoms with E-state index in [1.165, 1.54) is 0 Å². The molecule has 1 unspecified atom stereocenters. The second kappa shape index (κ2) is 5.27. The normalized spacial score (nSPS) is 21.6. The highest BCUT2D eigenvalue weighted by Crippen LogP contribution is 2.29. The minimum absolute atomic E-state index is 0.117. The molecule has 1 aromatic carbocycles. The third-order valence-electron chi connectivity index (χ3n) is 3.88. The lowest BCUT2D eigenvalue weighted by Crippen LogP contribution is -2.47.